The minimum atomic E-state index is 0.307. The third kappa shape index (κ3) is 3.34. The molecule has 120 valence electrons. The lowest BCUT2D eigenvalue weighted by Gasteiger charge is -2.22. The van der Waals surface area contributed by atoms with Crippen LogP contribution in [0.2, 0.25) is 0 Å². The van der Waals surface area contributed by atoms with E-state index in [1.54, 1.807) is 18.2 Å². The number of hydrogen-bond donors (Lipinski definition) is 1. The van der Waals surface area contributed by atoms with E-state index in [9.17, 15) is 0 Å². The molecule has 3 nitrogen and oxygen atoms in total. The van der Waals surface area contributed by atoms with Crippen LogP contribution in [0, 0.1) is 0 Å². The van der Waals surface area contributed by atoms with Gasteiger partial charge in [-0.25, -0.2) is 4.99 Å². The number of ether oxygens (including phenoxy) is 1. The molecule has 0 saturated carbocycles. The summed E-state index contributed by atoms with van der Waals surface area (Å²) in [6.07, 6.45) is 8.12. The molecule has 2 N–H and O–H groups in total. The zero-order valence-corrected chi connectivity index (χ0v) is 14.2. The number of nitrogens with two attached hydrogens (primary N) is 1. The molecule has 0 amide bonds. The highest BCUT2D eigenvalue weighted by Gasteiger charge is 2.22. The summed E-state index contributed by atoms with van der Waals surface area (Å²) in [6.45, 7) is 6.80. The number of rotatable bonds is 6. The van der Waals surface area contributed by atoms with Gasteiger partial charge in [-0.1, -0.05) is 32.9 Å². The van der Waals surface area contributed by atoms with Crippen LogP contribution in [-0.2, 0) is 17.6 Å². The van der Waals surface area contributed by atoms with Crippen LogP contribution < -0.4 is 5.73 Å². The first kappa shape index (κ1) is 16.6. The molecule has 1 aliphatic carbocycles. The van der Waals surface area contributed by atoms with E-state index in [-0.39, 0.29) is 0 Å². The van der Waals surface area contributed by atoms with Gasteiger partial charge in [0.2, 0.25) is 5.88 Å². The largest absolute Gasteiger partial charge is 0.481 e. The maximum Gasteiger partial charge on any atom is 0.210 e. The van der Waals surface area contributed by atoms with E-state index in [2.05, 4.69) is 44.0 Å². The molecule has 0 aliphatic heterocycles. The van der Waals surface area contributed by atoms with Crippen molar-refractivity contribution < 1.29 is 4.74 Å². The first-order valence-corrected chi connectivity index (χ1v) is 8.26. The van der Waals surface area contributed by atoms with E-state index >= 15 is 0 Å². The Kier molecular flexibility index (Phi) is 5.64. The minimum Gasteiger partial charge on any atom is -0.481 e. The van der Waals surface area contributed by atoms with Crippen LogP contribution in [0.5, 0.6) is 0 Å². The Labute approximate surface area is 134 Å². The zero-order valence-electron chi connectivity index (χ0n) is 14.2. The molecule has 1 aliphatic rings. The first-order chi connectivity index (χ1) is 10.6. The third-order valence-electron chi connectivity index (χ3n) is 4.53. The summed E-state index contributed by atoms with van der Waals surface area (Å²) in [5.74, 6) is 1.43. The number of benzene rings is 1. The number of hydrogen-bond acceptors (Lipinski definition) is 2. The quantitative estimate of drug-likeness (QED) is 0.484. The van der Waals surface area contributed by atoms with E-state index in [0.29, 0.717) is 17.7 Å². The van der Waals surface area contributed by atoms with Gasteiger partial charge >= 0.3 is 0 Å². The highest BCUT2D eigenvalue weighted by atomic mass is 16.5. The summed E-state index contributed by atoms with van der Waals surface area (Å²) < 4.78 is 5.32. The van der Waals surface area contributed by atoms with Crippen LogP contribution >= 0.6 is 0 Å². The molecule has 0 fully saturated rings. The predicted octanol–water partition coefficient (Wildman–Crippen LogP) is 4.27. The van der Waals surface area contributed by atoms with Gasteiger partial charge < -0.3 is 10.5 Å². The van der Waals surface area contributed by atoms with E-state index in [1.807, 2.05) is 0 Å². The molecule has 2 rings (SSSR count). The van der Waals surface area contributed by atoms with Gasteiger partial charge in [-0.05, 0) is 59.9 Å². The Balaban J connectivity index is 2.50. The topological polar surface area (TPSA) is 47.6 Å². The van der Waals surface area contributed by atoms with Gasteiger partial charge in [-0.2, -0.15) is 0 Å². The number of methoxy groups -OCH3 is 1. The summed E-state index contributed by atoms with van der Waals surface area (Å²) in [5.41, 5.74) is 11.5. The average Bonchev–Trinajstić information content (AvgIpc) is 2.98. The van der Waals surface area contributed by atoms with Crippen LogP contribution in [-0.4, -0.2) is 13.4 Å². The molecule has 1 aromatic rings. The summed E-state index contributed by atoms with van der Waals surface area (Å²) in [7, 11) is 1.64. The lowest BCUT2D eigenvalue weighted by molar-refractivity contribution is 0.286. The zero-order chi connectivity index (χ0) is 16.1. The van der Waals surface area contributed by atoms with Crippen molar-refractivity contribution in [3.8, 4) is 0 Å². The van der Waals surface area contributed by atoms with Gasteiger partial charge in [-0.15, -0.1) is 0 Å². The maximum absolute atomic E-state index is 5.40. The fourth-order valence-corrected chi connectivity index (χ4v) is 3.56. The van der Waals surface area contributed by atoms with Crippen LogP contribution in [0.3, 0.4) is 0 Å². The molecule has 1 atom stereocenters. The Morgan fingerprint density at radius 3 is 2.73 bits per heavy atom. The van der Waals surface area contributed by atoms with Gasteiger partial charge in [0.05, 0.1) is 13.4 Å². The number of nitrogens with zero attached hydrogens (tertiary/aromatic N) is 1. The lowest BCUT2D eigenvalue weighted by atomic mass is 9.83. The molecule has 3 heteroatoms. The Hall–Kier alpha value is -1.77. The van der Waals surface area contributed by atoms with Crippen molar-refractivity contribution in [1.82, 2.24) is 0 Å². The Morgan fingerprint density at radius 2 is 2.14 bits per heavy atom. The fraction of sp³-hybridized carbons (Fsp3) is 0.526. The SMILES string of the molecule is CCC(/C=C(\N=C/N)OC)c1ccc2c(c1C(C)C)CCC2. The number of allylic oxidation sites excluding steroid dienone is 1. The van der Waals surface area contributed by atoms with Crippen molar-refractivity contribution in [3.63, 3.8) is 0 Å². The van der Waals surface area contributed by atoms with Crippen molar-refractivity contribution in [2.24, 2.45) is 10.7 Å². The molecular formula is C19H28N2O. The van der Waals surface area contributed by atoms with E-state index in [4.69, 9.17) is 10.5 Å². The molecule has 22 heavy (non-hydrogen) atoms. The van der Waals surface area contributed by atoms with Crippen molar-refractivity contribution in [2.75, 3.05) is 7.11 Å². The van der Waals surface area contributed by atoms with Crippen molar-refractivity contribution >= 4 is 6.34 Å². The van der Waals surface area contributed by atoms with E-state index in [1.165, 1.54) is 36.7 Å². The highest BCUT2D eigenvalue weighted by molar-refractivity contribution is 5.53. The molecule has 0 bridgehead atoms. The van der Waals surface area contributed by atoms with Crippen molar-refractivity contribution in [3.05, 3.63) is 46.3 Å². The molecule has 0 spiro atoms. The third-order valence-corrected chi connectivity index (χ3v) is 4.53. The summed E-state index contributed by atoms with van der Waals surface area (Å²) in [6, 6.07) is 4.63. The summed E-state index contributed by atoms with van der Waals surface area (Å²) in [4.78, 5) is 4.09. The molecule has 0 radical (unpaired) electrons. The van der Waals surface area contributed by atoms with Crippen molar-refractivity contribution in [2.45, 2.75) is 58.3 Å². The number of fused-ring (bicyclic) bond motifs is 1. The average molecular weight is 300 g/mol. The number of aliphatic imine (C=N–C) groups is 1. The standard InChI is InChI=1S/C19H28N2O/c1-5-14(11-18(22-4)21-12-20)17-10-9-15-7-6-8-16(15)19(17)13(2)3/h9-14H,5-8H2,1-4H3,(H2,20,21)/b18-11+. The highest BCUT2D eigenvalue weighted by Crippen LogP contribution is 2.37. The second kappa shape index (κ2) is 7.48. The molecule has 1 unspecified atom stereocenters. The van der Waals surface area contributed by atoms with Crippen LogP contribution in [0.1, 0.15) is 67.7 Å². The summed E-state index contributed by atoms with van der Waals surface area (Å²) in [5, 5.41) is 0. The molecular weight excluding hydrogens is 272 g/mol. The van der Waals surface area contributed by atoms with Gasteiger partial charge in [-0.3, -0.25) is 0 Å². The molecule has 1 aromatic carbocycles. The van der Waals surface area contributed by atoms with Crippen LogP contribution in [0.25, 0.3) is 0 Å². The van der Waals surface area contributed by atoms with Gasteiger partial charge in [0.1, 0.15) is 0 Å². The smallest absolute Gasteiger partial charge is 0.210 e. The molecule has 0 aromatic heterocycles. The van der Waals surface area contributed by atoms with Gasteiger partial charge in [0.25, 0.3) is 0 Å². The van der Waals surface area contributed by atoms with Gasteiger partial charge in [0.15, 0.2) is 0 Å². The predicted molar refractivity (Wildman–Crippen MR) is 93.4 cm³/mol. The van der Waals surface area contributed by atoms with Crippen LogP contribution in [0.15, 0.2) is 29.1 Å². The van der Waals surface area contributed by atoms with E-state index in [0.717, 1.165) is 6.42 Å². The molecule has 0 saturated heterocycles. The lowest BCUT2D eigenvalue weighted by Crippen LogP contribution is -2.07. The van der Waals surface area contributed by atoms with Crippen LogP contribution in [0.4, 0.5) is 0 Å². The minimum absolute atomic E-state index is 0.307. The van der Waals surface area contributed by atoms with Gasteiger partial charge in [0, 0.05) is 5.92 Å². The Morgan fingerprint density at radius 1 is 1.36 bits per heavy atom. The normalized spacial score (nSPS) is 16.3. The first-order valence-electron chi connectivity index (χ1n) is 8.26. The maximum atomic E-state index is 5.40. The fourth-order valence-electron chi connectivity index (χ4n) is 3.56. The monoisotopic (exact) mass is 300 g/mol. The van der Waals surface area contributed by atoms with Crippen molar-refractivity contribution in [1.29, 1.82) is 0 Å². The number of aryl methyl sites for hydroxylation is 1. The van der Waals surface area contributed by atoms with E-state index < -0.39 is 0 Å². The Bertz CT molecular complexity index is 573. The molecule has 0 heterocycles. The second-order valence-electron chi connectivity index (χ2n) is 6.22. The summed E-state index contributed by atoms with van der Waals surface area (Å²) >= 11 is 0. The second-order valence-corrected chi connectivity index (χ2v) is 6.22.